The third-order valence-electron chi connectivity index (χ3n) is 1.48. The van der Waals surface area contributed by atoms with Gasteiger partial charge in [-0.05, 0) is 22.6 Å². The number of aromatic nitrogens is 1. The second-order valence-corrected chi connectivity index (χ2v) is 3.69. The van der Waals surface area contributed by atoms with Crippen LogP contribution in [0.4, 0.5) is 8.78 Å². The molecule has 0 unspecified atom stereocenters. The van der Waals surface area contributed by atoms with Crippen molar-refractivity contribution in [3.8, 4) is 0 Å². The summed E-state index contributed by atoms with van der Waals surface area (Å²) in [5.41, 5.74) is 0.0501. The van der Waals surface area contributed by atoms with E-state index in [1.54, 1.807) is 22.6 Å². The first kappa shape index (κ1) is 11.1. The molecule has 1 aromatic heterocycles. The van der Waals surface area contributed by atoms with E-state index >= 15 is 0 Å². The van der Waals surface area contributed by atoms with Gasteiger partial charge in [0.05, 0.1) is 6.61 Å². The van der Waals surface area contributed by atoms with Gasteiger partial charge in [0.25, 0.3) is 6.43 Å². The van der Waals surface area contributed by atoms with Crippen molar-refractivity contribution >= 4 is 34.2 Å². The monoisotopic (exact) mass is 319 g/mol. The van der Waals surface area contributed by atoms with Crippen molar-refractivity contribution in [3.63, 3.8) is 0 Å². The third kappa shape index (κ3) is 2.26. The minimum absolute atomic E-state index is 0.0660. The Morgan fingerprint density at radius 1 is 1.62 bits per heavy atom. The standard InChI is InChI=1S/C7H5ClF2INO/c8-6-4(2-13)5(11)3(1-12-6)7(9)10/h1,7,13H,2H2. The van der Waals surface area contributed by atoms with Crippen LogP contribution in [-0.4, -0.2) is 10.1 Å². The minimum atomic E-state index is -2.60. The van der Waals surface area contributed by atoms with Crippen LogP contribution in [0, 0.1) is 3.57 Å². The molecule has 0 bridgehead atoms. The summed E-state index contributed by atoms with van der Waals surface area (Å²) < 4.78 is 24.9. The predicted octanol–water partition coefficient (Wildman–Crippen LogP) is 2.77. The van der Waals surface area contributed by atoms with Crippen LogP contribution in [0.15, 0.2) is 6.20 Å². The number of hydrogen-bond acceptors (Lipinski definition) is 2. The molecule has 0 aliphatic heterocycles. The molecule has 13 heavy (non-hydrogen) atoms. The van der Waals surface area contributed by atoms with Crippen LogP contribution in [0.5, 0.6) is 0 Å². The zero-order valence-corrected chi connectivity index (χ0v) is 9.18. The van der Waals surface area contributed by atoms with Crippen molar-refractivity contribution in [2.75, 3.05) is 0 Å². The van der Waals surface area contributed by atoms with Gasteiger partial charge in [-0.25, -0.2) is 13.8 Å². The smallest absolute Gasteiger partial charge is 0.266 e. The third-order valence-corrected chi connectivity index (χ3v) is 3.08. The Bertz CT molecular complexity index is 322. The number of rotatable bonds is 2. The van der Waals surface area contributed by atoms with E-state index in [2.05, 4.69) is 4.98 Å². The number of pyridine rings is 1. The van der Waals surface area contributed by atoms with Crippen LogP contribution in [-0.2, 0) is 6.61 Å². The summed E-state index contributed by atoms with van der Waals surface area (Å²) in [6, 6.07) is 0. The highest BCUT2D eigenvalue weighted by Crippen LogP contribution is 2.29. The van der Waals surface area contributed by atoms with E-state index in [1.807, 2.05) is 0 Å². The number of aliphatic hydroxyl groups excluding tert-OH is 1. The number of hydrogen-bond donors (Lipinski definition) is 1. The maximum atomic E-state index is 12.3. The van der Waals surface area contributed by atoms with Gasteiger partial charge in [-0.15, -0.1) is 0 Å². The van der Waals surface area contributed by atoms with Gasteiger partial charge in [0.15, 0.2) is 0 Å². The molecule has 0 fully saturated rings. The molecule has 0 aliphatic carbocycles. The molecule has 6 heteroatoms. The lowest BCUT2D eigenvalue weighted by molar-refractivity contribution is 0.149. The molecule has 0 spiro atoms. The fourth-order valence-electron chi connectivity index (χ4n) is 0.812. The average Bonchev–Trinajstić information content (AvgIpc) is 2.04. The molecule has 1 aromatic rings. The highest BCUT2D eigenvalue weighted by Gasteiger charge is 2.17. The Kier molecular flexibility index (Phi) is 3.81. The fourth-order valence-corrected chi connectivity index (χ4v) is 1.98. The van der Waals surface area contributed by atoms with Crippen molar-refractivity contribution in [2.24, 2.45) is 0 Å². The largest absolute Gasteiger partial charge is 0.392 e. The van der Waals surface area contributed by atoms with Crippen LogP contribution in [0.2, 0.25) is 5.15 Å². The van der Waals surface area contributed by atoms with Gasteiger partial charge in [-0.3, -0.25) is 0 Å². The van der Waals surface area contributed by atoms with Crippen molar-refractivity contribution in [3.05, 3.63) is 26.0 Å². The fraction of sp³-hybridized carbons (Fsp3) is 0.286. The van der Waals surface area contributed by atoms with Gasteiger partial charge in [0, 0.05) is 20.9 Å². The Hall–Kier alpha value is -0.0100. The Morgan fingerprint density at radius 3 is 2.69 bits per heavy atom. The molecular formula is C7H5ClF2INO. The first-order chi connectivity index (χ1) is 6.07. The maximum Gasteiger partial charge on any atom is 0.266 e. The number of aliphatic hydroxyl groups is 1. The molecule has 0 atom stereocenters. The number of halogens is 4. The summed E-state index contributed by atoms with van der Waals surface area (Å²) in [4.78, 5) is 3.55. The summed E-state index contributed by atoms with van der Waals surface area (Å²) in [6.45, 7) is -0.384. The average molecular weight is 319 g/mol. The summed E-state index contributed by atoms with van der Waals surface area (Å²) in [5.74, 6) is 0. The topological polar surface area (TPSA) is 33.1 Å². The molecule has 0 saturated heterocycles. The van der Waals surface area contributed by atoms with Crippen molar-refractivity contribution in [1.82, 2.24) is 4.98 Å². The van der Waals surface area contributed by atoms with Crippen molar-refractivity contribution in [1.29, 1.82) is 0 Å². The maximum absolute atomic E-state index is 12.3. The molecule has 0 aromatic carbocycles. The van der Waals surface area contributed by atoms with E-state index in [1.165, 1.54) is 0 Å². The summed E-state index contributed by atoms with van der Waals surface area (Å²) >= 11 is 7.30. The first-order valence-electron chi connectivity index (χ1n) is 3.29. The molecule has 0 aliphatic rings. The van der Waals surface area contributed by atoms with E-state index in [9.17, 15) is 8.78 Å². The van der Waals surface area contributed by atoms with E-state index < -0.39 is 6.43 Å². The van der Waals surface area contributed by atoms with Gasteiger partial charge >= 0.3 is 0 Å². The van der Waals surface area contributed by atoms with Gasteiger partial charge < -0.3 is 5.11 Å². The normalized spacial score (nSPS) is 10.9. The van der Waals surface area contributed by atoms with E-state index in [-0.39, 0.29) is 26.5 Å². The summed E-state index contributed by atoms with van der Waals surface area (Å²) in [6.07, 6.45) is -1.57. The molecule has 1 N–H and O–H groups in total. The molecule has 0 amide bonds. The second-order valence-electron chi connectivity index (χ2n) is 2.26. The van der Waals surface area contributed by atoms with Crippen molar-refractivity contribution < 1.29 is 13.9 Å². The highest BCUT2D eigenvalue weighted by atomic mass is 127. The van der Waals surface area contributed by atoms with Gasteiger partial charge in [0.1, 0.15) is 5.15 Å². The Balaban J connectivity index is 3.27. The molecule has 1 rings (SSSR count). The SMILES string of the molecule is OCc1c(Cl)ncc(C(F)F)c1I. The van der Waals surface area contributed by atoms with E-state index in [0.29, 0.717) is 0 Å². The zero-order valence-electron chi connectivity index (χ0n) is 6.27. The van der Waals surface area contributed by atoms with Crippen molar-refractivity contribution in [2.45, 2.75) is 13.0 Å². The number of nitrogens with zero attached hydrogens (tertiary/aromatic N) is 1. The van der Waals surface area contributed by atoms with Gasteiger partial charge in [-0.1, -0.05) is 11.6 Å². The zero-order chi connectivity index (χ0) is 10.0. The van der Waals surface area contributed by atoms with Crippen LogP contribution >= 0.6 is 34.2 Å². The van der Waals surface area contributed by atoms with Crippen LogP contribution in [0.1, 0.15) is 17.6 Å². The minimum Gasteiger partial charge on any atom is -0.392 e. The lowest BCUT2D eigenvalue weighted by Gasteiger charge is -2.07. The predicted molar refractivity (Wildman–Crippen MR) is 52.8 cm³/mol. The van der Waals surface area contributed by atoms with Crippen LogP contribution < -0.4 is 0 Å². The quantitative estimate of drug-likeness (QED) is 0.672. The summed E-state index contributed by atoms with van der Waals surface area (Å²) in [5, 5.41) is 8.90. The van der Waals surface area contributed by atoms with Crippen LogP contribution in [0.25, 0.3) is 0 Å². The van der Waals surface area contributed by atoms with Crippen LogP contribution in [0.3, 0.4) is 0 Å². The lowest BCUT2D eigenvalue weighted by atomic mass is 10.2. The lowest BCUT2D eigenvalue weighted by Crippen LogP contribution is -1.99. The summed E-state index contributed by atoms with van der Waals surface area (Å²) in [7, 11) is 0. The van der Waals surface area contributed by atoms with Gasteiger partial charge in [-0.2, -0.15) is 0 Å². The Morgan fingerprint density at radius 2 is 2.23 bits per heavy atom. The molecule has 1 heterocycles. The van der Waals surface area contributed by atoms with Gasteiger partial charge in [0.2, 0.25) is 0 Å². The molecule has 2 nitrogen and oxygen atoms in total. The first-order valence-corrected chi connectivity index (χ1v) is 4.75. The van der Waals surface area contributed by atoms with E-state index in [0.717, 1.165) is 6.20 Å². The molecule has 72 valence electrons. The van der Waals surface area contributed by atoms with E-state index in [4.69, 9.17) is 16.7 Å². The molecule has 0 saturated carbocycles. The Labute approximate surface area is 92.1 Å². The number of alkyl halides is 2. The second kappa shape index (κ2) is 4.47. The highest BCUT2D eigenvalue weighted by molar-refractivity contribution is 14.1. The molecular weight excluding hydrogens is 314 g/mol. The molecule has 0 radical (unpaired) electrons.